The molecule has 1 saturated heterocycles. The minimum absolute atomic E-state index is 0.0476. The maximum absolute atomic E-state index is 11.3. The summed E-state index contributed by atoms with van der Waals surface area (Å²) in [6.07, 6.45) is 1.88. The Morgan fingerprint density at radius 3 is 2.95 bits per heavy atom. The average molecular weight is 277 g/mol. The molecule has 1 amide bonds. The zero-order chi connectivity index (χ0) is 14.5. The molecule has 5 nitrogen and oxygen atoms in total. The summed E-state index contributed by atoms with van der Waals surface area (Å²) in [6.45, 7) is 2.38. The second kappa shape index (κ2) is 6.72. The molecule has 0 bridgehead atoms. The summed E-state index contributed by atoms with van der Waals surface area (Å²) in [5.41, 5.74) is 12.7. The van der Waals surface area contributed by atoms with E-state index in [1.165, 1.54) is 0 Å². The van der Waals surface area contributed by atoms with Crippen LogP contribution in [-0.4, -0.2) is 37.6 Å². The van der Waals surface area contributed by atoms with Crippen LogP contribution in [0.4, 0.5) is 0 Å². The number of likely N-dealkylation sites (tertiary alicyclic amines) is 1. The molecule has 2 rings (SSSR count). The third-order valence-electron chi connectivity index (χ3n) is 3.90. The van der Waals surface area contributed by atoms with Gasteiger partial charge in [0.25, 0.3) is 0 Å². The van der Waals surface area contributed by atoms with Gasteiger partial charge in [0.1, 0.15) is 5.75 Å². The lowest BCUT2D eigenvalue weighted by Crippen LogP contribution is -2.43. The Bertz CT molecular complexity index is 464. The highest BCUT2D eigenvalue weighted by Crippen LogP contribution is 2.25. The van der Waals surface area contributed by atoms with Crippen LogP contribution < -0.4 is 16.2 Å². The standard InChI is InChI=1S/C15H23N3O2/c1-20-14-7-3-2-6-12(14)13(16)10-18-8-4-5-11(9-18)15(17)19/h2-3,6-7,11,13H,4-5,8-10,16H2,1H3,(H2,17,19). The molecule has 0 aromatic heterocycles. The molecule has 20 heavy (non-hydrogen) atoms. The van der Waals surface area contributed by atoms with E-state index >= 15 is 0 Å². The van der Waals surface area contributed by atoms with E-state index in [4.69, 9.17) is 16.2 Å². The molecule has 2 unspecified atom stereocenters. The maximum Gasteiger partial charge on any atom is 0.221 e. The van der Waals surface area contributed by atoms with Crippen LogP contribution in [0.1, 0.15) is 24.4 Å². The molecule has 1 aliphatic rings. The molecule has 1 aromatic carbocycles. The van der Waals surface area contributed by atoms with Gasteiger partial charge in [-0.3, -0.25) is 4.79 Å². The fourth-order valence-electron chi connectivity index (χ4n) is 2.80. The zero-order valence-electron chi connectivity index (χ0n) is 11.9. The van der Waals surface area contributed by atoms with E-state index < -0.39 is 0 Å². The monoisotopic (exact) mass is 277 g/mol. The number of para-hydroxylation sites is 1. The number of amides is 1. The lowest BCUT2D eigenvalue weighted by molar-refractivity contribution is -0.123. The summed E-state index contributed by atoms with van der Waals surface area (Å²) in [4.78, 5) is 13.5. The number of piperidine rings is 1. The largest absolute Gasteiger partial charge is 0.496 e. The van der Waals surface area contributed by atoms with E-state index in [-0.39, 0.29) is 17.9 Å². The summed E-state index contributed by atoms with van der Waals surface area (Å²) in [5.74, 6) is 0.553. The second-order valence-corrected chi connectivity index (χ2v) is 5.35. The molecular weight excluding hydrogens is 254 g/mol. The van der Waals surface area contributed by atoms with Crippen LogP contribution in [0.5, 0.6) is 5.75 Å². The fraction of sp³-hybridized carbons (Fsp3) is 0.533. The number of carbonyl (C=O) groups excluding carboxylic acids is 1. The topological polar surface area (TPSA) is 81.6 Å². The number of benzene rings is 1. The Hall–Kier alpha value is -1.59. The molecule has 1 aromatic rings. The average Bonchev–Trinajstić information content (AvgIpc) is 2.47. The Kier molecular flexibility index (Phi) is 4.98. The van der Waals surface area contributed by atoms with Crippen LogP contribution >= 0.6 is 0 Å². The molecule has 1 heterocycles. The first-order valence-corrected chi connectivity index (χ1v) is 7.02. The summed E-state index contributed by atoms with van der Waals surface area (Å²) >= 11 is 0. The molecular formula is C15H23N3O2. The van der Waals surface area contributed by atoms with E-state index in [1.54, 1.807) is 7.11 Å². The lowest BCUT2D eigenvalue weighted by atomic mass is 9.96. The molecule has 110 valence electrons. The van der Waals surface area contributed by atoms with Gasteiger partial charge in [-0.15, -0.1) is 0 Å². The van der Waals surface area contributed by atoms with Crippen LogP contribution in [0, 0.1) is 5.92 Å². The number of ether oxygens (including phenoxy) is 1. The van der Waals surface area contributed by atoms with Crippen molar-refractivity contribution < 1.29 is 9.53 Å². The Balaban J connectivity index is 2.00. The lowest BCUT2D eigenvalue weighted by Gasteiger charge is -2.33. The van der Waals surface area contributed by atoms with Gasteiger partial charge in [0, 0.05) is 24.7 Å². The minimum atomic E-state index is -0.208. The SMILES string of the molecule is COc1ccccc1C(N)CN1CCCC(C(N)=O)C1. The fourth-order valence-corrected chi connectivity index (χ4v) is 2.80. The Labute approximate surface area is 119 Å². The quantitative estimate of drug-likeness (QED) is 0.837. The van der Waals surface area contributed by atoms with Crippen molar-refractivity contribution in [2.75, 3.05) is 26.7 Å². The molecule has 4 N–H and O–H groups in total. The van der Waals surface area contributed by atoms with Crippen molar-refractivity contribution in [1.82, 2.24) is 4.90 Å². The number of nitrogens with zero attached hydrogens (tertiary/aromatic N) is 1. The highest BCUT2D eigenvalue weighted by Gasteiger charge is 2.25. The highest BCUT2D eigenvalue weighted by molar-refractivity contribution is 5.76. The number of rotatable bonds is 5. The smallest absolute Gasteiger partial charge is 0.221 e. The number of primary amides is 1. The van der Waals surface area contributed by atoms with Gasteiger partial charge in [-0.05, 0) is 25.5 Å². The van der Waals surface area contributed by atoms with Gasteiger partial charge in [-0.2, -0.15) is 0 Å². The third-order valence-corrected chi connectivity index (χ3v) is 3.90. The van der Waals surface area contributed by atoms with Crippen molar-refractivity contribution in [1.29, 1.82) is 0 Å². The maximum atomic E-state index is 11.3. The summed E-state index contributed by atoms with van der Waals surface area (Å²) in [6, 6.07) is 7.66. The van der Waals surface area contributed by atoms with E-state index in [0.717, 1.165) is 30.7 Å². The van der Waals surface area contributed by atoms with Crippen molar-refractivity contribution in [2.45, 2.75) is 18.9 Å². The van der Waals surface area contributed by atoms with E-state index in [2.05, 4.69) is 4.90 Å². The normalized spacial score (nSPS) is 21.4. The van der Waals surface area contributed by atoms with Crippen LogP contribution in [0.15, 0.2) is 24.3 Å². The van der Waals surface area contributed by atoms with Gasteiger partial charge in [0.15, 0.2) is 0 Å². The Morgan fingerprint density at radius 1 is 1.50 bits per heavy atom. The number of methoxy groups -OCH3 is 1. The highest BCUT2D eigenvalue weighted by atomic mass is 16.5. The number of nitrogens with two attached hydrogens (primary N) is 2. The summed E-state index contributed by atoms with van der Waals surface area (Å²) < 4.78 is 5.34. The first kappa shape index (κ1) is 14.8. The summed E-state index contributed by atoms with van der Waals surface area (Å²) in [5, 5.41) is 0. The van der Waals surface area contributed by atoms with Crippen LogP contribution in [0.25, 0.3) is 0 Å². The van der Waals surface area contributed by atoms with Gasteiger partial charge in [0.05, 0.1) is 13.0 Å². The van der Waals surface area contributed by atoms with Crippen molar-refractivity contribution in [2.24, 2.45) is 17.4 Å². The van der Waals surface area contributed by atoms with E-state index in [9.17, 15) is 4.79 Å². The first-order valence-electron chi connectivity index (χ1n) is 7.02. The predicted octanol–water partition coefficient (Wildman–Crippen LogP) is 0.892. The molecule has 0 spiro atoms. The molecule has 0 radical (unpaired) electrons. The zero-order valence-corrected chi connectivity index (χ0v) is 11.9. The third kappa shape index (κ3) is 3.49. The van der Waals surface area contributed by atoms with Crippen molar-refractivity contribution in [3.05, 3.63) is 29.8 Å². The molecule has 1 fully saturated rings. The van der Waals surface area contributed by atoms with Gasteiger partial charge < -0.3 is 21.1 Å². The van der Waals surface area contributed by atoms with E-state index in [1.807, 2.05) is 24.3 Å². The van der Waals surface area contributed by atoms with Gasteiger partial charge >= 0.3 is 0 Å². The summed E-state index contributed by atoms with van der Waals surface area (Å²) in [7, 11) is 1.65. The van der Waals surface area contributed by atoms with Crippen LogP contribution in [0.2, 0.25) is 0 Å². The van der Waals surface area contributed by atoms with Gasteiger partial charge in [0.2, 0.25) is 5.91 Å². The van der Waals surface area contributed by atoms with Crippen molar-refractivity contribution >= 4 is 5.91 Å². The molecule has 5 heteroatoms. The minimum Gasteiger partial charge on any atom is -0.496 e. The first-order chi connectivity index (χ1) is 9.61. The molecule has 0 aliphatic carbocycles. The predicted molar refractivity (Wildman–Crippen MR) is 78.3 cm³/mol. The van der Waals surface area contributed by atoms with Crippen molar-refractivity contribution in [3.63, 3.8) is 0 Å². The second-order valence-electron chi connectivity index (χ2n) is 5.35. The molecule has 2 atom stereocenters. The Morgan fingerprint density at radius 2 is 2.25 bits per heavy atom. The van der Waals surface area contributed by atoms with E-state index in [0.29, 0.717) is 13.1 Å². The number of hydrogen-bond donors (Lipinski definition) is 2. The van der Waals surface area contributed by atoms with Crippen LogP contribution in [-0.2, 0) is 4.79 Å². The molecule has 1 aliphatic heterocycles. The van der Waals surface area contributed by atoms with Crippen LogP contribution in [0.3, 0.4) is 0 Å². The number of carbonyl (C=O) groups is 1. The van der Waals surface area contributed by atoms with Gasteiger partial charge in [-0.25, -0.2) is 0 Å². The van der Waals surface area contributed by atoms with Crippen molar-refractivity contribution in [3.8, 4) is 5.75 Å². The number of hydrogen-bond acceptors (Lipinski definition) is 4. The molecule has 0 saturated carbocycles. The van der Waals surface area contributed by atoms with Gasteiger partial charge in [-0.1, -0.05) is 18.2 Å².